The van der Waals surface area contributed by atoms with Crippen LogP contribution in [0.2, 0.25) is 0 Å². The molecule has 1 amide bonds. The number of nitrogens with one attached hydrogen (secondary N) is 2. The maximum absolute atomic E-state index is 11.5. The second kappa shape index (κ2) is 7.62. The monoisotopic (exact) mass is 294 g/mol. The van der Waals surface area contributed by atoms with Gasteiger partial charge < -0.3 is 15.4 Å². The van der Waals surface area contributed by atoms with Crippen LogP contribution in [0.3, 0.4) is 0 Å². The molecule has 0 aliphatic heterocycles. The van der Waals surface area contributed by atoms with Crippen molar-refractivity contribution < 1.29 is 14.3 Å². The highest BCUT2D eigenvalue weighted by Gasteiger charge is 2.18. The van der Waals surface area contributed by atoms with Crippen molar-refractivity contribution in [2.75, 3.05) is 13.7 Å². The summed E-state index contributed by atoms with van der Waals surface area (Å²) >= 11 is 3.16. The zero-order chi connectivity index (χ0) is 12.7. The molecule has 2 unspecified atom stereocenters. The van der Waals surface area contributed by atoms with Crippen LogP contribution in [-0.4, -0.2) is 42.4 Å². The molecule has 0 saturated carbocycles. The van der Waals surface area contributed by atoms with Gasteiger partial charge in [-0.3, -0.25) is 9.59 Å². The zero-order valence-electron chi connectivity index (χ0n) is 10.0. The highest BCUT2D eigenvalue weighted by atomic mass is 79.9. The van der Waals surface area contributed by atoms with Gasteiger partial charge in [-0.05, 0) is 20.8 Å². The van der Waals surface area contributed by atoms with Gasteiger partial charge in [0.05, 0.1) is 13.2 Å². The first-order valence-corrected chi connectivity index (χ1v) is 6.05. The van der Waals surface area contributed by atoms with Gasteiger partial charge in [0, 0.05) is 12.6 Å². The van der Waals surface area contributed by atoms with E-state index in [0.29, 0.717) is 6.54 Å². The van der Waals surface area contributed by atoms with E-state index in [-0.39, 0.29) is 24.0 Å². The van der Waals surface area contributed by atoms with E-state index in [2.05, 4.69) is 31.3 Å². The molecule has 0 rings (SSSR count). The van der Waals surface area contributed by atoms with Crippen LogP contribution in [0.15, 0.2) is 0 Å². The first kappa shape index (κ1) is 15.4. The van der Waals surface area contributed by atoms with Crippen LogP contribution in [0.25, 0.3) is 0 Å². The van der Waals surface area contributed by atoms with Crippen LogP contribution >= 0.6 is 15.9 Å². The first-order chi connectivity index (χ1) is 7.38. The van der Waals surface area contributed by atoms with Crippen molar-refractivity contribution >= 4 is 27.8 Å². The second-order valence-corrected chi connectivity index (χ2v) is 4.89. The number of alkyl halides is 1. The number of carbonyl (C=O) groups is 2. The highest BCUT2D eigenvalue weighted by Crippen LogP contribution is 2.00. The molecule has 94 valence electrons. The molecule has 0 heterocycles. The largest absolute Gasteiger partial charge is 0.468 e. The Labute approximate surface area is 104 Å². The van der Waals surface area contributed by atoms with Crippen molar-refractivity contribution in [2.24, 2.45) is 0 Å². The van der Waals surface area contributed by atoms with Crippen LogP contribution in [0.5, 0.6) is 0 Å². The fraction of sp³-hybridized carbons (Fsp3) is 0.800. The lowest BCUT2D eigenvalue weighted by Gasteiger charge is -2.17. The van der Waals surface area contributed by atoms with Gasteiger partial charge in [0.25, 0.3) is 0 Å². The Morgan fingerprint density at radius 3 is 2.31 bits per heavy atom. The van der Waals surface area contributed by atoms with E-state index < -0.39 is 4.83 Å². The molecule has 0 radical (unpaired) electrons. The van der Waals surface area contributed by atoms with E-state index in [0.717, 1.165) is 0 Å². The van der Waals surface area contributed by atoms with Crippen molar-refractivity contribution in [3.05, 3.63) is 0 Å². The van der Waals surface area contributed by atoms with Crippen LogP contribution in [0.1, 0.15) is 20.8 Å². The number of amides is 1. The van der Waals surface area contributed by atoms with Gasteiger partial charge in [-0.25, -0.2) is 0 Å². The summed E-state index contributed by atoms with van der Waals surface area (Å²) in [5, 5.41) is 5.72. The predicted octanol–water partition coefficient (Wildman–Crippen LogP) is 0.426. The minimum absolute atomic E-state index is 0.0837. The van der Waals surface area contributed by atoms with E-state index in [4.69, 9.17) is 0 Å². The molecule has 0 fully saturated rings. The molecule has 0 aromatic carbocycles. The fourth-order valence-electron chi connectivity index (χ4n) is 0.994. The molecule has 16 heavy (non-hydrogen) atoms. The van der Waals surface area contributed by atoms with Gasteiger partial charge in [0.1, 0.15) is 4.83 Å². The van der Waals surface area contributed by atoms with Gasteiger partial charge in [0.2, 0.25) is 5.91 Å². The van der Waals surface area contributed by atoms with Crippen LogP contribution < -0.4 is 10.6 Å². The van der Waals surface area contributed by atoms with E-state index in [9.17, 15) is 9.59 Å². The van der Waals surface area contributed by atoms with Gasteiger partial charge in [-0.1, -0.05) is 15.9 Å². The lowest BCUT2D eigenvalue weighted by Crippen LogP contribution is -2.46. The maximum Gasteiger partial charge on any atom is 0.320 e. The summed E-state index contributed by atoms with van der Waals surface area (Å²) in [5.74, 6) is -0.441. The summed E-state index contributed by atoms with van der Waals surface area (Å²) in [4.78, 5) is 22.1. The Morgan fingerprint density at radius 2 is 1.88 bits per heavy atom. The number of rotatable bonds is 6. The third-order valence-electron chi connectivity index (χ3n) is 1.88. The zero-order valence-corrected chi connectivity index (χ0v) is 11.6. The maximum atomic E-state index is 11.5. The molecular weight excluding hydrogens is 276 g/mol. The summed E-state index contributed by atoms with van der Waals surface area (Å²) in [6, 6.07) is -0.232. The fourth-order valence-corrected chi connectivity index (χ4v) is 1.37. The smallest absolute Gasteiger partial charge is 0.320 e. The van der Waals surface area contributed by atoms with Gasteiger partial charge in [-0.2, -0.15) is 0 Å². The second-order valence-electron chi connectivity index (χ2n) is 3.78. The Hall–Kier alpha value is -0.620. The molecule has 5 nitrogen and oxygen atoms in total. The Bertz CT molecular complexity index is 246. The summed E-state index contributed by atoms with van der Waals surface area (Å²) in [5.41, 5.74) is 0. The summed E-state index contributed by atoms with van der Waals surface area (Å²) in [6.07, 6.45) is 0. The molecule has 2 N–H and O–H groups in total. The predicted molar refractivity (Wildman–Crippen MR) is 65.5 cm³/mol. The molecule has 0 aromatic rings. The third kappa shape index (κ3) is 6.07. The number of methoxy groups -OCH3 is 1. The Balaban J connectivity index is 3.92. The SMILES string of the molecule is COC(=O)C(Br)CNC(C)C(=O)NC(C)C. The molecule has 0 spiro atoms. The molecule has 0 saturated heterocycles. The number of esters is 1. The molecule has 0 aliphatic carbocycles. The minimum atomic E-state index is -0.438. The standard InChI is InChI=1S/C10H19BrN2O3/c1-6(2)13-9(14)7(3)12-5-8(11)10(15)16-4/h6-8,12H,5H2,1-4H3,(H,13,14). The summed E-state index contributed by atoms with van der Waals surface area (Å²) < 4.78 is 4.54. The molecule has 0 bridgehead atoms. The van der Waals surface area contributed by atoms with Crippen LogP contribution in [-0.2, 0) is 14.3 Å². The van der Waals surface area contributed by atoms with E-state index in [1.165, 1.54) is 7.11 Å². The third-order valence-corrected chi connectivity index (χ3v) is 2.58. The number of ether oxygens (including phenoxy) is 1. The average Bonchev–Trinajstić information content (AvgIpc) is 2.23. The average molecular weight is 295 g/mol. The minimum Gasteiger partial charge on any atom is -0.468 e. The number of hydrogen-bond acceptors (Lipinski definition) is 4. The normalized spacial score (nSPS) is 14.4. The molecule has 0 aliphatic rings. The van der Waals surface area contributed by atoms with E-state index in [1.807, 2.05) is 13.8 Å². The number of hydrogen-bond donors (Lipinski definition) is 2. The van der Waals surface area contributed by atoms with Crippen molar-refractivity contribution in [2.45, 2.75) is 37.7 Å². The lowest BCUT2D eigenvalue weighted by molar-refractivity contribution is -0.139. The van der Waals surface area contributed by atoms with Gasteiger partial charge in [0.15, 0.2) is 0 Å². The number of carbonyl (C=O) groups excluding carboxylic acids is 2. The quantitative estimate of drug-likeness (QED) is 0.551. The van der Waals surface area contributed by atoms with E-state index in [1.54, 1.807) is 6.92 Å². The molecular formula is C10H19BrN2O3. The van der Waals surface area contributed by atoms with Gasteiger partial charge >= 0.3 is 5.97 Å². The van der Waals surface area contributed by atoms with Crippen molar-refractivity contribution in [3.8, 4) is 0 Å². The number of halogens is 1. The van der Waals surface area contributed by atoms with Gasteiger partial charge in [-0.15, -0.1) is 0 Å². The Morgan fingerprint density at radius 1 is 1.31 bits per heavy atom. The lowest BCUT2D eigenvalue weighted by atomic mass is 10.2. The summed E-state index contributed by atoms with van der Waals surface area (Å²) in [6.45, 7) is 5.88. The molecule has 2 atom stereocenters. The van der Waals surface area contributed by atoms with Crippen molar-refractivity contribution in [1.82, 2.24) is 10.6 Å². The highest BCUT2D eigenvalue weighted by molar-refractivity contribution is 9.10. The Kier molecular flexibility index (Phi) is 7.33. The topological polar surface area (TPSA) is 67.4 Å². The van der Waals surface area contributed by atoms with Crippen molar-refractivity contribution in [3.63, 3.8) is 0 Å². The van der Waals surface area contributed by atoms with Crippen LogP contribution in [0.4, 0.5) is 0 Å². The van der Waals surface area contributed by atoms with Crippen molar-refractivity contribution in [1.29, 1.82) is 0 Å². The van der Waals surface area contributed by atoms with Crippen LogP contribution in [0, 0.1) is 0 Å². The molecule has 0 aromatic heterocycles. The molecule has 6 heteroatoms. The summed E-state index contributed by atoms with van der Waals surface area (Å²) in [7, 11) is 1.32. The van der Waals surface area contributed by atoms with E-state index >= 15 is 0 Å². The first-order valence-electron chi connectivity index (χ1n) is 5.14.